The van der Waals surface area contributed by atoms with Gasteiger partial charge in [-0.3, -0.25) is 4.79 Å². The van der Waals surface area contributed by atoms with Gasteiger partial charge in [0.15, 0.2) is 0 Å². The lowest BCUT2D eigenvalue weighted by Crippen LogP contribution is -2.34. The normalized spacial score (nSPS) is 15.4. The molecule has 102 valence electrons. The molecule has 19 heavy (non-hydrogen) atoms. The Morgan fingerprint density at radius 1 is 1.47 bits per heavy atom. The number of hydrogen-bond acceptors (Lipinski definition) is 3. The maximum atomic E-state index is 11.8. The summed E-state index contributed by atoms with van der Waals surface area (Å²) >= 11 is 5.02. The van der Waals surface area contributed by atoms with Crippen molar-refractivity contribution in [3.63, 3.8) is 0 Å². The average molecular weight is 278 g/mol. The quantitative estimate of drug-likeness (QED) is 0.854. The molecule has 1 aliphatic heterocycles. The number of methoxy groups -OCH3 is 1. The second-order valence-electron chi connectivity index (χ2n) is 4.67. The van der Waals surface area contributed by atoms with Crippen molar-refractivity contribution in [1.29, 1.82) is 0 Å². The molecule has 0 unspecified atom stereocenters. The second kappa shape index (κ2) is 6.02. The number of amides is 1. The van der Waals surface area contributed by atoms with Crippen molar-refractivity contribution < 1.29 is 9.53 Å². The van der Waals surface area contributed by atoms with Crippen molar-refractivity contribution >= 4 is 23.1 Å². The molecule has 0 atom stereocenters. The predicted octanol–water partition coefficient (Wildman–Crippen LogP) is 1.84. The molecule has 1 aromatic carbocycles. The van der Waals surface area contributed by atoms with E-state index in [1.54, 1.807) is 7.11 Å². The maximum Gasteiger partial charge on any atom is 0.222 e. The number of ether oxygens (including phenoxy) is 1. The fourth-order valence-corrected chi connectivity index (χ4v) is 2.45. The summed E-state index contributed by atoms with van der Waals surface area (Å²) in [5.74, 6) is 0.889. The van der Waals surface area contributed by atoms with E-state index >= 15 is 0 Å². The average Bonchev–Trinajstić information content (AvgIpc) is 2.41. The second-order valence-corrected chi connectivity index (χ2v) is 5.11. The summed E-state index contributed by atoms with van der Waals surface area (Å²) in [6.45, 7) is 1.44. The number of nitrogens with two attached hydrogens (primary N) is 1. The van der Waals surface area contributed by atoms with Crippen molar-refractivity contribution in [2.24, 2.45) is 5.73 Å². The summed E-state index contributed by atoms with van der Waals surface area (Å²) in [6.07, 6.45) is 2.72. The van der Waals surface area contributed by atoms with Crippen LogP contribution in [0.1, 0.15) is 30.4 Å². The summed E-state index contributed by atoms with van der Waals surface area (Å²) < 4.78 is 5.22. The molecule has 1 amide bonds. The number of carbonyl (C=O) groups excluding carboxylic acids is 1. The van der Waals surface area contributed by atoms with E-state index in [9.17, 15) is 4.79 Å². The van der Waals surface area contributed by atoms with Gasteiger partial charge < -0.3 is 15.4 Å². The highest BCUT2D eigenvalue weighted by molar-refractivity contribution is 7.80. The molecular formula is C14H18N2O2S. The number of rotatable bonds is 4. The monoisotopic (exact) mass is 278 g/mol. The lowest BCUT2D eigenvalue weighted by molar-refractivity contribution is -0.133. The number of carbonyl (C=O) groups is 1. The number of benzene rings is 1. The summed E-state index contributed by atoms with van der Waals surface area (Å²) in [7, 11) is 1.59. The molecular weight excluding hydrogens is 260 g/mol. The fourth-order valence-electron chi connectivity index (χ4n) is 2.30. The molecule has 1 fully saturated rings. The molecule has 0 saturated carbocycles. The van der Waals surface area contributed by atoms with Crippen molar-refractivity contribution in [2.75, 3.05) is 13.7 Å². The molecule has 2 rings (SSSR count). The first-order chi connectivity index (χ1) is 9.11. The van der Waals surface area contributed by atoms with Gasteiger partial charge in [-0.05, 0) is 30.5 Å². The number of hydrogen-bond donors (Lipinski definition) is 1. The van der Waals surface area contributed by atoms with E-state index in [1.165, 1.54) is 0 Å². The summed E-state index contributed by atoms with van der Waals surface area (Å²) in [5, 5.41) is 0. The van der Waals surface area contributed by atoms with Gasteiger partial charge in [0.1, 0.15) is 10.7 Å². The molecule has 5 heteroatoms. The van der Waals surface area contributed by atoms with E-state index in [4.69, 9.17) is 22.7 Å². The molecule has 1 aromatic rings. The number of piperidine rings is 1. The van der Waals surface area contributed by atoms with E-state index in [1.807, 2.05) is 23.1 Å². The molecule has 1 aliphatic rings. The standard InChI is InChI=1S/C14H18N2O2S/c1-18-12-6-5-10(8-11(12)14(15)19)9-16-7-3-2-4-13(16)17/h5-6,8H,2-4,7,9H2,1H3,(H2,15,19). The Hall–Kier alpha value is -1.62. The molecule has 4 nitrogen and oxygen atoms in total. The lowest BCUT2D eigenvalue weighted by Gasteiger charge is -2.27. The zero-order valence-electron chi connectivity index (χ0n) is 11.0. The molecule has 0 aliphatic carbocycles. The number of nitrogens with zero attached hydrogens (tertiary/aromatic N) is 1. The van der Waals surface area contributed by atoms with Crippen molar-refractivity contribution in [3.05, 3.63) is 29.3 Å². The van der Waals surface area contributed by atoms with Gasteiger partial charge in [0.05, 0.1) is 12.7 Å². The van der Waals surface area contributed by atoms with Crippen LogP contribution >= 0.6 is 12.2 Å². The Balaban J connectivity index is 2.18. The molecule has 1 heterocycles. The van der Waals surface area contributed by atoms with Crippen LogP contribution in [0.25, 0.3) is 0 Å². The van der Waals surface area contributed by atoms with Crippen LogP contribution in [0.5, 0.6) is 5.75 Å². The molecule has 0 bridgehead atoms. The van der Waals surface area contributed by atoms with Crippen LogP contribution in [0.4, 0.5) is 0 Å². The molecule has 2 N–H and O–H groups in total. The lowest BCUT2D eigenvalue weighted by atomic mass is 10.1. The number of likely N-dealkylation sites (tertiary alicyclic amines) is 1. The molecule has 0 aromatic heterocycles. The van der Waals surface area contributed by atoms with E-state index in [0.29, 0.717) is 23.7 Å². The third-order valence-electron chi connectivity index (χ3n) is 3.32. The fraction of sp³-hybridized carbons (Fsp3) is 0.429. The van der Waals surface area contributed by atoms with Crippen LogP contribution in [0.3, 0.4) is 0 Å². The number of thiocarbonyl (C=S) groups is 1. The summed E-state index contributed by atoms with van der Waals surface area (Å²) in [5.41, 5.74) is 7.44. The van der Waals surface area contributed by atoms with Gasteiger partial charge in [0.25, 0.3) is 0 Å². The van der Waals surface area contributed by atoms with Crippen LogP contribution < -0.4 is 10.5 Å². The minimum atomic E-state index is 0.221. The van der Waals surface area contributed by atoms with Crippen molar-refractivity contribution in [3.8, 4) is 5.75 Å². The third kappa shape index (κ3) is 3.23. The largest absolute Gasteiger partial charge is 0.496 e. The first kappa shape index (κ1) is 13.8. The van der Waals surface area contributed by atoms with Gasteiger partial charge in [-0.25, -0.2) is 0 Å². The van der Waals surface area contributed by atoms with Gasteiger partial charge in [0, 0.05) is 19.5 Å². The molecule has 1 saturated heterocycles. The Morgan fingerprint density at radius 3 is 2.89 bits per heavy atom. The first-order valence-corrected chi connectivity index (χ1v) is 6.77. The highest BCUT2D eigenvalue weighted by Gasteiger charge is 2.18. The highest BCUT2D eigenvalue weighted by Crippen LogP contribution is 2.22. The highest BCUT2D eigenvalue weighted by atomic mass is 32.1. The minimum Gasteiger partial charge on any atom is -0.496 e. The van der Waals surface area contributed by atoms with E-state index in [-0.39, 0.29) is 5.91 Å². The van der Waals surface area contributed by atoms with Gasteiger partial charge in [0.2, 0.25) is 5.91 Å². The van der Waals surface area contributed by atoms with Crippen LogP contribution in [0.2, 0.25) is 0 Å². The topological polar surface area (TPSA) is 55.6 Å². The van der Waals surface area contributed by atoms with Crippen LogP contribution in [0, 0.1) is 0 Å². The van der Waals surface area contributed by atoms with Gasteiger partial charge in [-0.1, -0.05) is 18.3 Å². The smallest absolute Gasteiger partial charge is 0.222 e. The Bertz CT molecular complexity index is 502. The van der Waals surface area contributed by atoms with Crippen LogP contribution in [0.15, 0.2) is 18.2 Å². The SMILES string of the molecule is COc1ccc(CN2CCCCC2=O)cc1C(N)=S. The van der Waals surface area contributed by atoms with Gasteiger partial charge in [-0.2, -0.15) is 0 Å². The zero-order chi connectivity index (χ0) is 13.8. The Morgan fingerprint density at radius 2 is 2.26 bits per heavy atom. The summed E-state index contributed by atoms with van der Waals surface area (Å²) in [4.78, 5) is 14.0. The molecule has 0 spiro atoms. The Kier molecular flexibility index (Phi) is 4.37. The zero-order valence-corrected chi connectivity index (χ0v) is 11.8. The first-order valence-electron chi connectivity index (χ1n) is 6.36. The van der Waals surface area contributed by atoms with E-state index in [0.717, 1.165) is 30.5 Å². The predicted molar refractivity (Wildman–Crippen MR) is 78.1 cm³/mol. The maximum absolute atomic E-state index is 11.8. The summed E-state index contributed by atoms with van der Waals surface area (Å²) in [6, 6.07) is 5.70. The van der Waals surface area contributed by atoms with Crippen LogP contribution in [-0.4, -0.2) is 29.5 Å². The van der Waals surface area contributed by atoms with Crippen molar-refractivity contribution in [1.82, 2.24) is 4.90 Å². The van der Waals surface area contributed by atoms with Crippen LogP contribution in [-0.2, 0) is 11.3 Å². The van der Waals surface area contributed by atoms with Gasteiger partial charge >= 0.3 is 0 Å². The Labute approximate surface area is 118 Å². The van der Waals surface area contributed by atoms with E-state index in [2.05, 4.69) is 0 Å². The van der Waals surface area contributed by atoms with Gasteiger partial charge in [-0.15, -0.1) is 0 Å². The van der Waals surface area contributed by atoms with E-state index < -0.39 is 0 Å². The third-order valence-corrected chi connectivity index (χ3v) is 3.54. The minimum absolute atomic E-state index is 0.221. The van der Waals surface area contributed by atoms with Crippen molar-refractivity contribution in [2.45, 2.75) is 25.8 Å². The molecule has 0 radical (unpaired) electrons.